The van der Waals surface area contributed by atoms with E-state index in [-0.39, 0.29) is 0 Å². The maximum Gasteiger partial charge on any atom is 0.0726 e. The van der Waals surface area contributed by atoms with Gasteiger partial charge in [0.15, 0.2) is 0 Å². The molecule has 3 rings (SSSR count). The molecule has 17 heavy (non-hydrogen) atoms. The summed E-state index contributed by atoms with van der Waals surface area (Å²) in [4.78, 5) is 0. The van der Waals surface area contributed by atoms with Crippen LogP contribution in [0.4, 0.5) is 0 Å². The van der Waals surface area contributed by atoms with Crippen LogP contribution in [0.1, 0.15) is 6.92 Å². The zero-order valence-electron chi connectivity index (χ0n) is 9.77. The summed E-state index contributed by atoms with van der Waals surface area (Å²) in [5.74, 6) is 0. The maximum atomic E-state index is 8.29. The normalized spacial score (nSPS) is 11.1. The van der Waals surface area contributed by atoms with E-state index < -0.39 is 0 Å². The van der Waals surface area contributed by atoms with Gasteiger partial charge in [-0.25, -0.2) is 0 Å². The van der Waals surface area contributed by atoms with E-state index in [4.69, 9.17) is 5.41 Å². The molecule has 2 nitrogen and oxygen atoms in total. The minimum absolute atomic E-state index is 0.626. The predicted octanol–water partition coefficient (Wildman–Crippen LogP) is 3.29. The van der Waals surface area contributed by atoms with Gasteiger partial charge in [0, 0.05) is 17.3 Å². The van der Waals surface area contributed by atoms with Gasteiger partial charge in [-0.05, 0) is 19.1 Å². The average molecular weight is 222 g/mol. The summed E-state index contributed by atoms with van der Waals surface area (Å²) in [6.07, 6.45) is 0. The molecular formula is C15H14N2. The van der Waals surface area contributed by atoms with Crippen LogP contribution in [0.5, 0.6) is 0 Å². The molecule has 0 atom stereocenters. The molecule has 0 bridgehead atoms. The first-order valence-corrected chi connectivity index (χ1v) is 5.88. The highest BCUT2D eigenvalue weighted by atomic mass is 15.0. The Morgan fingerprint density at radius 2 is 1.35 bits per heavy atom. The summed E-state index contributed by atoms with van der Waals surface area (Å²) < 4.78 is 2.27. The van der Waals surface area contributed by atoms with E-state index in [9.17, 15) is 0 Å². The Balaban J connectivity index is 2.68. The van der Waals surface area contributed by atoms with Crippen LogP contribution in [0, 0.1) is 5.41 Å². The lowest BCUT2D eigenvalue weighted by Crippen LogP contribution is -2.10. The lowest BCUT2D eigenvalue weighted by Gasteiger charge is -2.13. The van der Waals surface area contributed by atoms with Gasteiger partial charge >= 0.3 is 0 Å². The number of pyridine rings is 1. The molecule has 0 aliphatic carbocycles. The van der Waals surface area contributed by atoms with Gasteiger partial charge in [-0.15, -0.1) is 0 Å². The van der Waals surface area contributed by atoms with Gasteiger partial charge in [0.05, 0.1) is 16.4 Å². The molecule has 84 valence electrons. The molecule has 0 aliphatic heterocycles. The molecule has 3 aromatic rings. The van der Waals surface area contributed by atoms with Crippen LogP contribution < -0.4 is 5.36 Å². The van der Waals surface area contributed by atoms with Crippen LogP contribution in [0.2, 0.25) is 0 Å². The van der Waals surface area contributed by atoms with Gasteiger partial charge in [-0.2, -0.15) is 0 Å². The first-order chi connectivity index (χ1) is 8.33. The lowest BCUT2D eigenvalue weighted by molar-refractivity contribution is 0.820. The number of aromatic nitrogens is 1. The second-order valence-corrected chi connectivity index (χ2v) is 4.15. The Hall–Kier alpha value is -2.09. The topological polar surface area (TPSA) is 28.8 Å². The van der Waals surface area contributed by atoms with Crippen molar-refractivity contribution < 1.29 is 0 Å². The summed E-state index contributed by atoms with van der Waals surface area (Å²) >= 11 is 0. The van der Waals surface area contributed by atoms with Crippen molar-refractivity contribution in [1.29, 1.82) is 5.41 Å². The number of benzene rings is 2. The van der Waals surface area contributed by atoms with E-state index in [1.54, 1.807) is 0 Å². The second kappa shape index (κ2) is 3.74. The number of nitrogens with zero attached hydrogens (tertiary/aromatic N) is 1. The summed E-state index contributed by atoms with van der Waals surface area (Å²) in [6.45, 7) is 3.06. The first-order valence-electron chi connectivity index (χ1n) is 5.88. The second-order valence-electron chi connectivity index (χ2n) is 4.15. The monoisotopic (exact) mass is 222 g/mol. The minimum Gasteiger partial charge on any atom is -0.341 e. The Morgan fingerprint density at radius 1 is 0.882 bits per heavy atom. The highest BCUT2D eigenvalue weighted by molar-refractivity contribution is 5.92. The number of nitrogens with one attached hydrogen (secondary N) is 1. The van der Waals surface area contributed by atoms with E-state index in [1.165, 1.54) is 0 Å². The number of aryl methyl sites for hydroxylation is 1. The Morgan fingerprint density at radius 3 is 1.82 bits per heavy atom. The molecule has 0 aliphatic rings. The third kappa shape index (κ3) is 1.37. The summed E-state index contributed by atoms with van der Waals surface area (Å²) in [7, 11) is 0. The zero-order chi connectivity index (χ0) is 11.8. The molecule has 1 N–H and O–H groups in total. The fourth-order valence-corrected chi connectivity index (χ4v) is 2.46. The van der Waals surface area contributed by atoms with Crippen LogP contribution in [-0.2, 0) is 6.54 Å². The molecule has 2 heteroatoms. The quantitative estimate of drug-likeness (QED) is 0.612. The number of fused-ring (bicyclic) bond motifs is 2. The fourth-order valence-electron chi connectivity index (χ4n) is 2.46. The molecule has 2 aromatic carbocycles. The summed E-state index contributed by atoms with van der Waals surface area (Å²) in [5.41, 5.74) is 2.28. The molecule has 0 saturated heterocycles. The van der Waals surface area contributed by atoms with Crippen molar-refractivity contribution in [3.05, 3.63) is 53.9 Å². The van der Waals surface area contributed by atoms with Crippen molar-refractivity contribution in [3.63, 3.8) is 0 Å². The van der Waals surface area contributed by atoms with E-state index in [1.807, 2.05) is 36.4 Å². The summed E-state index contributed by atoms with van der Waals surface area (Å²) in [5, 5.41) is 11.0. The smallest absolute Gasteiger partial charge is 0.0726 e. The fraction of sp³-hybridized carbons (Fsp3) is 0.133. The SMILES string of the molecule is CCn1c2ccccc2c(=N)c2ccccc21. The molecule has 0 fully saturated rings. The third-order valence-electron chi connectivity index (χ3n) is 3.24. The Kier molecular flexibility index (Phi) is 2.22. The molecule has 0 saturated carbocycles. The largest absolute Gasteiger partial charge is 0.341 e. The molecule has 0 unspecified atom stereocenters. The highest BCUT2D eigenvalue weighted by Crippen LogP contribution is 2.18. The average Bonchev–Trinajstić information content (AvgIpc) is 2.40. The van der Waals surface area contributed by atoms with Crippen molar-refractivity contribution in [3.8, 4) is 0 Å². The van der Waals surface area contributed by atoms with E-state index in [2.05, 4.69) is 23.6 Å². The highest BCUT2D eigenvalue weighted by Gasteiger charge is 2.05. The first kappa shape index (κ1) is 10.1. The number of rotatable bonds is 1. The number of para-hydroxylation sites is 2. The van der Waals surface area contributed by atoms with Crippen LogP contribution in [-0.4, -0.2) is 4.57 Å². The summed E-state index contributed by atoms with van der Waals surface area (Å²) in [6, 6.07) is 16.3. The van der Waals surface area contributed by atoms with Crippen LogP contribution in [0.3, 0.4) is 0 Å². The van der Waals surface area contributed by atoms with Crippen LogP contribution in [0.15, 0.2) is 48.5 Å². The van der Waals surface area contributed by atoms with Crippen molar-refractivity contribution in [2.75, 3.05) is 0 Å². The van der Waals surface area contributed by atoms with Gasteiger partial charge < -0.3 is 4.57 Å². The number of hydrogen-bond acceptors (Lipinski definition) is 1. The minimum atomic E-state index is 0.626. The molecule has 0 amide bonds. The molecule has 1 aromatic heterocycles. The standard InChI is InChI=1S/C15H14N2/c1-2-17-13-9-5-3-7-11(13)15(16)12-8-4-6-10-14(12)17/h3-10,16H,2H2,1H3. The Bertz CT molecular complexity index is 694. The van der Waals surface area contributed by atoms with Crippen LogP contribution >= 0.6 is 0 Å². The molecule has 1 heterocycles. The Labute approximate surface area is 99.6 Å². The third-order valence-corrected chi connectivity index (χ3v) is 3.24. The molecular weight excluding hydrogens is 208 g/mol. The maximum absolute atomic E-state index is 8.29. The molecule has 0 radical (unpaired) electrons. The van der Waals surface area contributed by atoms with Crippen molar-refractivity contribution >= 4 is 21.8 Å². The molecule has 0 spiro atoms. The number of hydrogen-bond donors (Lipinski definition) is 1. The van der Waals surface area contributed by atoms with Crippen LogP contribution in [0.25, 0.3) is 21.8 Å². The van der Waals surface area contributed by atoms with Crippen molar-refractivity contribution in [1.82, 2.24) is 4.57 Å². The van der Waals surface area contributed by atoms with Gasteiger partial charge in [0.25, 0.3) is 0 Å². The zero-order valence-corrected chi connectivity index (χ0v) is 9.77. The van der Waals surface area contributed by atoms with E-state index >= 15 is 0 Å². The van der Waals surface area contributed by atoms with Gasteiger partial charge in [0.1, 0.15) is 0 Å². The van der Waals surface area contributed by atoms with E-state index in [0.717, 1.165) is 28.4 Å². The predicted molar refractivity (Wildman–Crippen MR) is 71.0 cm³/mol. The van der Waals surface area contributed by atoms with Gasteiger partial charge in [-0.3, -0.25) is 5.41 Å². The van der Waals surface area contributed by atoms with Gasteiger partial charge in [-0.1, -0.05) is 36.4 Å². The lowest BCUT2D eigenvalue weighted by atomic mass is 10.1. The van der Waals surface area contributed by atoms with E-state index in [0.29, 0.717) is 5.36 Å². The van der Waals surface area contributed by atoms with Crippen molar-refractivity contribution in [2.45, 2.75) is 13.5 Å². The van der Waals surface area contributed by atoms with Gasteiger partial charge in [0.2, 0.25) is 0 Å². The van der Waals surface area contributed by atoms with Crippen molar-refractivity contribution in [2.24, 2.45) is 0 Å².